The number of hydrogen-bond acceptors (Lipinski definition) is 2. The van der Waals surface area contributed by atoms with Gasteiger partial charge in [0, 0.05) is 6.42 Å². The maximum atomic E-state index is 10.4. The second-order valence-corrected chi connectivity index (χ2v) is 2.76. The molecule has 0 amide bonds. The monoisotopic (exact) mass is 330 g/mol. The van der Waals surface area contributed by atoms with E-state index in [4.69, 9.17) is 9.30 Å². The van der Waals surface area contributed by atoms with Gasteiger partial charge in [-0.25, -0.2) is 0 Å². The summed E-state index contributed by atoms with van der Waals surface area (Å²) in [6.45, 7) is 14.3. The molecule has 0 aromatic carbocycles. The first-order valence-electron chi connectivity index (χ1n) is 4.52. The zero-order valence-corrected chi connectivity index (χ0v) is 11.8. The molecule has 1 unspecified atom stereocenters. The van der Waals surface area contributed by atoms with Crippen molar-refractivity contribution in [1.29, 1.82) is 0 Å². The van der Waals surface area contributed by atoms with Gasteiger partial charge in [-0.3, -0.25) is 4.79 Å². The Bertz CT molecular complexity index is 220. The quantitative estimate of drug-likeness (QED) is 0.293. The smallest absolute Gasteiger partial charge is 0.462 e. The van der Waals surface area contributed by atoms with E-state index in [0.29, 0.717) is 5.92 Å². The van der Waals surface area contributed by atoms with Gasteiger partial charge < -0.3 is 4.74 Å². The Kier molecular flexibility index (Phi) is 21.1. The van der Waals surface area contributed by atoms with Crippen LogP contribution in [0.25, 0.3) is 0 Å². The molecule has 92 valence electrons. The summed E-state index contributed by atoms with van der Waals surface area (Å²) < 4.78 is 19.7. The molecule has 8 radical (unpaired) electrons. The molecule has 2 fully saturated rings. The first-order valence-corrected chi connectivity index (χ1v) is 4.52. The van der Waals surface area contributed by atoms with Gasteiger partial charge in [0.1, 0.15) is 6.10 Å². The Morgan fingerprint density at radius 2 is 1.44 bits per heavy atom. The maximum absolute atomic E-state index is 10.4. The molecule has 0 spiro atoms. The van der Waals surface area contributed by atoms with Crippen LogP contribution in [0.1, 0.15) is 6.92 Å². The Morgan fingerprint density at radius 1 is 1.11 bits per heavy atom. The fraction of sp³-hybridized carbons (Fsp3) is 0.154. The fourth-order valence-corrected chi connectivity index (χ4v) is 0.951. The zero-order valence-electron chi connectivity index (χ0n) is 9.79. The summed E-state index contributed by atoms with van der Waals surface area (Å²) in [5.41, 5.74) is 0. The van der Waals surface area contributed by atoms with Crippen LogP contribution >= 0.6 is 0 Å². The molecular weight excluding hydrogens is 316 g/mol. The summed E-state index contributed by atoms with van der Waals surface area (Å²) in [5, 5.41) is 0. The summed E-state index contributed by atoms with van der Waals surface area (Å²) in [7, 11) is 0. The van der Waals surface area contributed by atoms with Crippen molar-refractivity contribution in [1.82, 2.24) is 0 Å². The molecule has 1 heterocycles. The van der Waals surface area contributed by atoms with Crippen LogP contribution in [0.4, 0.5) is 0 Å². The number of hydrogen-bond donors (Lipinski definition) is 0. The second-order valence-electron chi connectivity index (χ2n) is 2.76. The molecule has 1 saturated carbocycles. The minimum atomic E-state index is -0.294. The minimum Gasteiger partial charge on any atom is -0.462 e. The van der Waals surface area contributed by atoms with Crippen molar-refractivity contribution >= 4 is 5.97 Å². The third-order valence-corrected chi connectivity index (χ3v) is 1.55. The van der Waals surface area contributed by atoms with Crippen molar-refractivity contribution in [3.05, 3.63) is 64.7 Å². The molecule has 4 nitrogen and oxygen atoms in total. The van der Waals surface area contributed by atoms with Crippen molar-refractivity contribution in [2.24, 2.45) is 0 Å². The Morgan fingerprint density at radius 3 is 1.56 bits per heavy atom. The van der Waals surface area contributed by atoms with E-state index in [-0.39, 0.29) is 33.1 Å². The molecule has 0 aromatic rings. The molecule has 1 atom stereocenters. The normalized spacial score (nSPS) is 20.6. The van der Waals surface area contributed by atoms with Crippen LogP contribution in [0.2, 0.25) is 0 Å². The van der Waals surface area contributed by atoms with Gasteiger partial charge in [0.15, 0.2) is 0 Å². The molecule has 1 aliphatic heterocycles. The largest absolute Gasteiger partial charge is 2.00 e. The van der Waals surface area contributed by atoms with Crippen LogP contribution in [0.3, 0.4) is 0 Å². The number of rotatable bonds is 0. The van der Waals surface area contributed by atoms with Crippen LogP contribution in [-0.4, -0.2) is 12.1 Å². The third-order valence-electron chi connectivity index (χ3n) is 1.55. The van der Waals surface area contributed by atoms with E-state index in [9.17, 15) is 4.79 Å². The summed E-state index contributed by atoms with van der Waals surface area (Å²) in [5.74, 6) is 0.176. The van der Waals surface area contributed by atoms with Gasteiger partial charge >= 0.3 is 49.6 Å². The summed E-state index contributed by atoms with van der Waals surface area (Å²) >= 11 is 0. The Hall–Kier alpha value is -0.362. The average Bonchev–Trinajstić information content (AvgIpc) is 2.99. The molecular formula is C13H12MoO4+2. The molecule has 0 N–H and O–H groups in total. The zero-order chi connectivity index (χ0) is 13.7. The standard InChI is InChI=1S/C6H7O2.C5H5.2CO.Mo/c1-4-3-5(2)8-6(4)7;1-2-4-5-3-1;2*1-2;/h3,5H,1H2,2H3;1-5H;;;/q;;;;+2. The number of carbonyl (C=O) groups is 1. The van der Waals surface area contributed by atoms with Gasteiger partial charge in [0.05, 0.1) is 5.92 Å². The van der Waals surface area contributed by atoms with Crippen molar-refractivity contribution in [3.63, 3.8) is 0 Å². The third kappa shape index (κ3) is 12.1. The van der Waals surface area contributed by atoms with Gasteiger partial charge in [0.2, 0.25) is 0 Å². The predicted molar refractivity (Wildman–Crippen MR) is 57.8 cm³/mol. The van der Waals surface area contributed by atoms with Crippen molar-refractivity contribution in [2.45, 2.75) is 13.0 Å². The molecule has 0 bridgehead atoms. The number of esters is 1. The van der Waals surface area contributed by atoms with Gasteiger partial charge in [-0.15, -0.1) is 0 Å². The number of ether oxygens (including phenoxy) is 1. The van der Waals surface area contributed by atoms with E-state index >= 15 is 0 Å². The van der Waals surface area contributed by atoms with Crippen LogP contribution in [0.5, 0.6) is 0 Å². The Balaban J connectivity index is -0.000000196. The molecule has 1 aliphatic carbocycles. The molecule has 2 rings (SSSR count). The molecule has 2 aliphatic rings. The Labute approximate surface area is 124 Å². The fourth-order valence-electron chi connectivity index (χ4n) is 0.951. The van der Waals surface area contributed by atoms with Crippen LogP contribution in [-0.2, 0) is 39.9 Å². The summed E-state index contributed by atoms with van der Waals surface area (Å²) in [6.07, 6.45) is 11.6. The first kappa shape index (κ1) is 22.8. The average molecular weight is 328 g/mol. The first-order chi connectivity index (χ1) is 8.20. The summed E-state index contributed by atoms with van der Waals surface area (Å²) in [6, 6.07) is 0. The van der Waals surface area contributed by atoms with E-state index in [1.54, 1.807) is 13.3 Å². The van der Waals surface area contributed by atoms with E-state index in [1.165, 1.54) is 0 Å². The predicted octanol–water partition coefficient (Wildman–Crippen LogP) is 1.49. The van der Waals surface area contributed by atoms with E-state index in [2.05, 4.69) is 25.0 Å². The van der Waals surface area contributed by atoms with Crippen LogP contribution in [0, 0.1) is 64.7 Å². The minimum absolute atomic E-state index is 0. The number of cyclic esters (lactones) is 1. The van der Waals surface area contributed by atoms with E-state index < -0.39 is 0 Å². The van der Waals surface area contributed by atoms with Gasteiger partial charge in [-0.05, 0) is 46.0 Å². The molecule has 1 saturated heterocycles. The maximum Gasteiger partial charge on any atom is 2.00 e. The van der Waals surface area contributed by atoms with Gasteiger partial charge in [-0.2, -0.15) is 0 Å². The van der Waals surface area contributed by atoms with Crippen molar-refractivity contribution < 1.29 is 39.9 Å². The second kappa shape index (κ2) is 16.6. The molecule has 5 heteroatoms. The molecule has 0 aromatic heterocycles. The van der Waals surface area contributed by atoms with Crippen LogP contribution in [0.15, 0.2) is 0 Å². The van der Waals surface area contributed by atoms with Crippen LogP contribution < -0.4 is 0 Å². The van der Waals surface area contributed by atoms with Gasteiger partial charge in [-0.1, -0.05) is 0 Å². The van der Waals surface area contributed by atoms with Gasteiger partial charge in [0.25, 0.3) is 0 Å². The topological polar surface area (TPSA) is 66.1 Å². The van der Waals surface area contributed by atoms with E-state index in [1.807, 2.05) is 32.1 Å². The molecule has 18 heavy (non-hydrogen) atoms. The SMILES string of the molecule is [C-]#[O+].[C-]#[O+].[CH2][C]1[CH]C(C)OC1=O.[CH]1[CH][CH][CH][CH]1.[Mo+2]. The number of carbonyl (C=O) groups excluding carboxylic acids is 1. The van der Waals surface area contributed by atoms with Crippen molar-refractivity contribution in [2.75, 3.05) is 0 Å². The summed E-state index contributed by atoms with van der Waals surface area (Å²) in [4.78, 5) is 10.4. The van der Waals surface area contributed by atoms with E-state index in [0.717, 1.165) is 0 Å². The van der Waals surface area contributed by atoms with Crippen molar-refractivity contribution in [3.8, 4) is 0 Å².